The highest BCUT2D eigenvalue weighted by Gasteiger charge is 2.25. The van der Waals surface area contributed by atoms with Gasteiger partial charge in [0.05, 0.1) is 0 Å². The number of benzene rings is 1. The maximum Gasteiger partial charge on any atom is 0.170 e. The third-order valence-electron chi connectivity index (χ3n) is 3.97. The van der Waals surface area contributed by atoms with Crippen molar-refractivity contribution in [2.24, 2.45) is 10.8 Å². The van der Waals surface area contributed by atoms with Gasteiger partial charge in [-0.25, -0.2) is 0 Å². The first-order valence-corrected chi connectivity index (χ1v) is 9.14. The molecule has 0 aromatic heterocycles. The molecule has 0 radical (unpaired) electrons. The Kier molecular flexibility index (Phi) is 7.06. The first-order chi connectivity index (χ1) is 10.6. The highest BCUT2D eigenvalue weighted by atomic mass is 32.1. The number of rotatable bonds is 6. The Hall–Kier alpha value is -1.09. The van der Waals surface area contributed by atoms with Crippen molar-refractivity contribution in [3.8, 4) is 0 Å². The third-order valence-corrected chi connectivity index (χ3v) is 4.22. The van der Waals surface area contributed by atoms with E-state index < -0.39 is 0 Å². The molecular weight excluding hydrogens is 300 g/mol. The average molecular weight is 335 g/mol. The minimum atomic E-state index is 0.210. The molecule has 2 nitrogen and oxygen atoms in total. The van der Waals surface area contributed by atoms with Crippen molar-refractivity contribution in [1.82, 2.24) is 5.32 Å². The summed E-state index contributed by atoms with van der Waals surface area (Å²) in [6.07, 6.45) is 3.17. The average Bonchev–Trinajstić information content (AvgIpc) is 2.43. The molecule has 1 aromatic rings. The zero-order valence-corrected chi connectivity index (χ0v) is 16.8. The molecule has 0 aliphatic rings. The van der Waals surface area contributed by atoms with Gasteiger partial charge in [-0.15, -0.1) is 0 Å². The lowest BCUT2D eigenvalue weighted by Gasteiger charge is -2.33. The van der Waals surface area contributed by atoms with Gasteiger partial charge < -0.3 is 10.6 Å². The highest BCUT2D eigenvalue weighted by molar-refractivity contribution is 7.80. The van der Waals surface area contributed by atoms with Crippen LogP contribution in [0, 0.1) is 10.8 Å². The van der Waals surface area contributed by atoms with Crippen LogP contribution in [0.1, 0.15) is 66.0 Å². The molecule has 130 valence electrons. The van der Waals surface area contributed by atoms with E-state index in [1.165, 1.54) is 16.8 Å². The normalized spacial score (nSPS) is 12.1. The van der Waals surface area contributed by atoms with Crippen molar-refractivity contribution in [3.05, 3.63) is 29.3 Å². The van der Waals surface area contributed by atoms with Crippen molar-refractivity contribution in [2.45, 2.75) is 67.7 Å². The lowest BCUT2D eigenvalue weighted by Crippen LogP contribution is -2.38. The monoisotopic (exact) mass is 334 g/mol. The molecule has 0 spiro atoms. The first kappa shape index (κ1) is 20.0. The molecule has 23 heavy (non-hydrogen) atoms. The molecular formula is C20H34N2S. The summed E-state index contributed by atoms with van der Waals surface area (Å²) < 4.78 is 0. The molecule has 1 aromatic carbocycles. The Bertz CT molecular complexity index is 505. The molecule has 0 fully saturated rings. The molecule has 0 amide bonds. The fourth-order valence-corrected chi connectivity index (χ4v) is 3.55. The molecule has 3 heteroatoms. The maximum absolute atomic E-state index is 5.54. The van der Waals surface area contributed by atoms with Crippen molar-refractivity contribution in [1.29, 1.82) is 0 Å². The van der Waals surface area contributed by atoms with E-state index in [-0.39, 0.29) is 5.41 Å². The van der Waals surface area contributed by atoms with Crippen molar-refractivity contribution < 1.29 is 0 Å². The van der Waals surface area contributed by atoms with Crippen LogP contribution in [-0.2, 0) is 12.8 Å². The minimum Gasteiger partial charge on any atom is -0.362 e. The Labute approximate surface area is 148 Å². The molecule has 0 saturated carbocycles. The summed E-state index contributed by atoms with van der Waals surface area (Å²) >= 11 is 5.54. The van der Waals surface area contributed by atoms with E-state index in [0.29, 0.717) is 5.41 Å². The second-order valence-electron chi connectivity index (χ2n) is 8.37. The quantitative estimate of drug-likeness (QED) is 0.666. The Morgan fingerprint density at radius 1 is 1.00 bits per heavy atom. The Balaban J connectivity index is 2.71. The summed E-state index contributed by atoms with van der Waals surface area (Å²) in [5, 5.41) is 7.58. The summed E-state index contributed by atoms with van der Waals surface area (Å²) in [7, 11) is 0. The predicted molar refractivity (Wildman–Crippen MR) is 107 cm³/mol. The standard InChI is InChI=1S/C20H34N2S/c1-8-15-11-10-12-16(9-2)17(15)22-18(23)21-14-20(6,7)13-19(3,4)5/h10-12H,8-9,13-14H2,1-7H3,(H2,21,22,23). The predicted octanol–water partition coefficient (Wildman–Crippen LogP) is 5.56. The van der Waals surface area contributed by atoms with Gasteiger partial charge in [-0.05, 0) is 53.4 Å². The fourth-order valence-electron chi connectivity index (χ4n) is 3.38. The summed E-state index contributed by atoms with van der Waals surface area (Å²) in [6.45, 7) is 16.7. The van der Waals surface area contributed by atoms with Crippen LogP contribution in [-0.4, -0.2) is 11.7 Å². The van der Waals surface area contributed by atoms with E-state index in [1.54, 1.807) is 0 Å². The van der Waals surface area contributed by atoms with E-state index in [9.17, 15) is 0 Å². The van der Waals surface area contributed by atoms with E-state index >= 15 is 0 Å². The highest BCUT2D eigenvalue weighted by Crippen LogP contribution is 2.32. The van der Waals surface area contributed by atoms with Gasteiger partial charge in [-0.1, -0.05) is 66.7 Å². The number of hydrogen-bond acceptors (Lipinski definition) is 1. The maximum atomic E-state index is 5.54. The van der Waals surface area contributed by atoms with Crippen LogP contribution in [0.4, 0.5) is 5.69 Å². The van der Waals surface area contributed by atoms with Crippen LogP contribution >= 0.6 is 12.2 Å². The molecule has 1 rings (SSSR count). The van der Waals surface area contributed by atoms with Gasteiger partial charge in [0.2, 0.25) is 0 Å². The molecule has 0 atom stereocenters. The van der Waals surface area contributed by atoms with Gasteiger partial charge in [-0.3, -0.25) is 0 Å². The zero-order valence-electron chi connectivity index (χ0n) is 16.0. The molecule has 0 unspecified atom stereocenters. The summed E-state index contributed by atoms with van der Waals surface area (Å²) in [6, 6.07) is 6.48. The molecule has 0 saturated heterocycles. The van der Waals surface area contributed by atoms with E-state index in [0.717, 1.165) is 30.9 Å². The van der Waals surface area contributed by atoms with Crippen LogP contribution in [0.5, 0.6) is 0 Å². The van der Waals surface area contributed by atoms with Crippen LogP contribution in [0.2, 0.25) is 0 Å². The molecule has 0 aliphatic carbocycles. The second-order valence-corrected chi connectivity index (χ2v) is 8.78. The fraction of sp³-hybridized carbons (Fsp3) is 0.650. The van der Waals surface area contributed by atoms with Gasteiger partial charge in [0.25, 0.3) is 0 Å². The van der Waals surface area contributed by atoms with Gasteiger partial charge >= 0.3 is 0 Å². The summed E-state index contributed by atoms with van der Waals surface area (Å²) in [4.78, 5) is 0. The lowest BCUT2D eigenvalue weighted by atomic mass is 9.76. The van der Waals surface area contributed by atoms with Gasteiger partial charge in [0, 0.05) is 12.2 Å². The van der Waals surface area contributed by atoms with Crippen molar-refractivity contribution >= 4 is 23.0 Å². The van der Waals surface area contributed by atoms with Gasteiger partial charge in [-0.2, -0.15) is 0 Å². The number of para-hydroxylation sites is 1. The smallest absolute Gasteiger partial charge is 0.170 e. The Morgan fingerprint density at radius 2 is 1.52 bits per heavy atom. The van der Waals surface area contributed by atoms with Gasteiger partial charge in [0.1, 0.15) is 0 Å². The topological polar surface area (TPSA) is 24.1 Å². The molecule has 0 aliphatic heterocycles. The Morgan fingerprint density at radius 3 is 1.96 bits per heavy atom. The van der Waals surface area contributed by atoms with E-state index in [4.69, 9.17) is 12.2 Å². The number of anilines is 1. The number of nitrogens with one attached hydrogen (secondary N) is 2. The molecule has 2 N–H and O–H groups in total. The van der Waals surface area contributed by atoms with Crippen molar-refractivity contribution in [3.63, 3.8) is 0 Å². The van der Waals surface area contributed by atoms with Crippen molar-refractivity contribution in [2.75, 3.05) is 11.9 Å². The third kappa shape index (κ3) is 6.90. The minimum absolute atomic E-state index is 0.210. The SMILES string of the molecule is CCc1cccc(CC)c1NC(=S)NCC(C)(C)CC(C)(C)C. The van der Waals surface area contributed by atoms with Crippen LogP contribution in [0.3, 0.4) is 0 Å². The summed E-state index contributed by atoms with van der Waals surface area (Å²) in [5.41, 5.74) is 4.36. The second kappa shape index (κ2) is 8.14. The first-order valence-electron chi connectivity index (χ1n) is 8.73. The van der Waals surface area contributed by atoms with Crippen LogP contribution in [0.15, 0.2) is 18.2 Å². The van der Waals surface area contributed by atoms with E-state index in [1.807, 2.05) is 0 Å². The molecule has 0 heterocycles. The van der Waals surface area contributed by atoms with E-state index in [2.05, 4.69) is 77.3 Å². The van der Waals surface area contributed by atoms with Gasteiger partial charge in [0.15, 0.2) is 5.11 Å². The van der Waals surface area contributed by atoms with Crippen LogP contribution in [0.25, 0.3) is 0 Å². The molecule has 0 bridgehead atoms. The number of thiocarbonyl (C=S) groups is 1. The lowest BCUT2D eigenvalue weighted by molar-refractivity contribution is 0.214. The number of aryl methyl sites for hydroxylation is 2. The largest absolute Gasteiger partial charge is 0.362 e. The zero-order chi connectivity index (χ0) is 17.7. The summed E-state index contributed by atoms with van der Waals surface area (Å²) in [5.74, 6) is 0. The van der Waals surface area contributed by atoms with Crippen LogP contribution < -0.4 is 10.6 Å². The number of hydrogen-bond donors (Lipinski definition) is 2.